The first-order valence-electron chi connectivity index (χ1n) is 25.3. The van der Waals surface area contributed by atoms with Crippen LogP contribution >= 0.6 is 0 Å². The van der Waals surface area contributed by atoms with E-state index in [4.69, 9.17) is 14.2 Å². The van der Waals surface area contributed by atoms with Crippen LogP contribution in [0.1, 0.15) is 184 Å². The molecule has 0 radical (unpaired) electrons. The Balaban J connectivity index is 0.000000179. The van der Waals surface area contributed by atoms with Gasteiger partial charge in [-0.3, -0.25) is 9.59 Å². The van der Waals surface area contributed by atoms with E-state index >= 15 is 0 Å². The minimum atomic E-state index is -0.0999. The Labute approximate surface area is 361 Å². The largest absolute Gasteiger partial charge is 0.469 e. The van der Waals surface area contributed by atoms with Crippen molar-refractivity contribution in [2.24, 2.45) is 105 Å². The van der Waals surface area contributed by atoms with Crippen LogP contribution in [0.5, 0.6) is 0 Å². The van der Waals surface area contributed by atoms with Gasteiger partial charge in [-0.1, -0.05) is 68.2 Å². The normalized spacial score (nSPS) is 49.6. The van der Waals surface area contributed by atoms with Gasteiger partial charge in [0.1, 0.15) is 0 Å². The fourth-order valence-corrected chi connectivity index (χ4v) is 18.3. The number of esters is 2. The zero-order chi connectivity index (χ0) is 42.7. The van der Waals surface area contributed by atoms with Gasteiger partial charge in [0.25, 0.3) is 0 Å². The third-order valence-corrected chi connectivity index (χ3v) is 21.8. The minimum absolute atomic E-state index is 0.0533. The van der Waals surface area contributed by atoms with Crippen LogP contribution in [0.4, 0.5) is 0 Å². The molecule has 6 heteroatoms. The van der Waals surface area contributed by atoms with Crippen molar-refractivity contribution in [1.82, 2.24) is 0 Å². The number of fused-ring (bicyclic) bond motifs is 10. The number of hydrogen-bond donors (Lipinski definition) is 1. The summed E-state index contributed by atoms with van der Waals surface area (Å²) in [6, 6.07) is 0. The first-order chi connectivity index (χ1) is 27.9. The molecule has 0 bridgehead atoms. The molecule has 0 spiro atoms. The average molecular weight is 823 g/mol. The van der Waals surface area contributed by atoms with E-state index in [9.17, 15) is 14.7 Å². The Hall–Kier alpha value is -1.14. The lowest BCUT2D eigenvalue weighted by molar-refractivity contribution is -0.176. The predicted molar refractivity (Wildman–Crippen MR) is 237 cm³/mol. The van der Waals surface area contributed by atoms with Crippen LogP contribution in [0.25, 0.3) is 0 Å². The van der Waals surface area contributed by atoms with E-state index < -0.39 is 0 Å². The molecular weight excluding hydrogens is 733 g/mol. The summed E-state index contributed by atoms with van der Waals surface area (Å²) in [6.07, 6.45) is 24.7. The molecule has 8 saturated carbocycles. The van der Waals surface area contributed by atoms with E-state index in [2.05, 4.69) is 55.4 Å². The smallest absolute Gasteiger partial charge is 0.305 e. The van der Waals surface area contributed by atoms with Gasteiger partial charge in [-0.15, -0.1) is 0 Å². The SMILES string of the molecule is COC(=O)CC[C@@H](C)[C@H]1CC[C@H]2[C@@H]3[C@H](O)C[C@@H]4C[C@H](C)CC[C@]4(C)[C@H]3CC[C@]12C.COC(=O)CC[C@@H](C)[C@H]1CC[C@H]2[C@@H]3[C@H](OC)C[C@@H]4C[C@H](C)CC[C@]4(C)[C@H]3CC[C@]12C. The van der Waals surface area contributed by atoms with Gasteiger partial charge in [-0.25, -0.2) is 0 Å². The lowest BCUT2D eigenvalue weighted by atomic mass is 9.43. The van der Waals surface area contributed by atoms with E-state index in [0.717, 1.165) is 66.6 Å². The first kappa shape index (κ1) is 45.9. The quantitative estimate of drug-likeness (QED) is 0.233. The van der Waals surface area contributed by atoms with Crippen molar-refractivity contribution in [2.45, 2.75) is 196 Å². The Morgan fingerprint density at radius 3 is 1.42 bits per heavy atom. The lowest BCUT2D eigenvalue weighted by Gasteiger charge is -2.63. The zero-order valence-electron chi connectivity index (χ0n) is 39.9. The fraction of sp³-hybridized carbons (Fsp3) is 0.962. The molecule has 0 heterocycles. The maximum absolute atomic E-state index is 11.7. The molecule has 0 unspecified atom stereocenters. The van der Waals surface area contributed by atoms with Crippen molar-refractivity contribution in [3.63, 3.8) is 0 Å². The fourth-order valence-electron chi connectivity index (χ4n) is 18.3. The van der Waals surface area contributed by atoms with Crippen LogP contribution in [-0.2, 0) is 23.8 Å². The summed E-state index contributed by atoms with van der Waals surface area (Å²) in [4.78, 5) is 23.4. The third-order valence-electron chi connectivity index (χ3n) is 21.8. The summed E-state index contributed by atoms with van der Waals surface area (Å²) in [6.45, 7) is 20.0. The van der Waals surface area contributed by atoms with Crippen molar-refractivity contribution in [3.8, 4) is 0 Å². The Morgan fingerprint density at radius 2 is 0.966 bits per heavy atom. The Morgan fingerprint density at radius 1 is 0.559 bits per heavy atom. The molecule has 20 atom stereocenters. The standard InChI is InChI=1S/C27H46O3.C26H44O3/c1-17-11-13-26(3)19(15-17)16-23(29-5)25-21-9-8-20(18(2)7-10-24(28)30-6)27(21,4)14-12-22(25)26;1-16-10-12-25(3)18(14-16)15-22(27)24-20-8-7-19(17(2)6-9-23(28)29-5)26(20,4)13-11-21(24)25/h17-23,25H,7-16H2,1-6H3;16-22,24,27H,6-15H2,1-5H3/t17-,18-,19+,20-,21+,22+,23-,25+,26+,27-;16-,17-,18+,19-,20+,21+,22-,24+,25+,26-/m11/s1. The van der Waals surface area contributed by atoms with Crippen LogP contribution in [0.15, 0.2) is 0 Å². The molecule has 8 rings (SSSR count). The number of carbonyl (C=O) groups excluding carboxylic acids is 2. The second-order valence-corrected chi connectivity index (χ2v) is 24.2. The topological polar surface area (TPSA) is 82.1 Å². The molecule has 1 N–H and O–H groups in total. The number of hydrogen-bond acceptors (Lipinski definition) is 6. The molecule has 8 fully saturated rings. The summed E-state index contributed by atoms with van der Waals surface area (Å²) >= 11 is 0. The summed E-state index contributed by atoms with van der Waals surface area (Å²) in [5, 5.41) is 11.4. The predicted octanol–water partition coefficient (Wildman–Crippen LogP) is 12.3. The van der Waals surface area contributed by atoms with Crippen LogP contribution < -0.4 is 0 Å². The molecule has 0 aliphatic heterocycles. The molecule has 0 aromatic carbocycles. The number of carbonyl (C=O) groups is 2. The van der Waals surface area contributed by atoms with Gasteiger partial charge in [-0.2, -0.15) is 0 Å². The van der Waals surface area contributed by atoms with E-state index in [-0.39, 0.29) is 18.0 Å². The second-order valence-electron chi connectivity index (χ2n) is 24.2. The molecule has 0 amide bonds. The molecule has 8 aliphatic carbocycles. The monoisotopic (exact) mass is 823 g/mol. The van der Waals surface area contributed by atoms with Crippen LogP contribution in [0, 0.1) is 105 Å². The maximum atomic E-state index is 11.7. The van der Waals surface area contributed by atoms with E-state index in [1.54, 1.807) is 0 Å². The summed E-state index contributed by atoms with van der Waals surface area (Å²) < 4.78 is 16.1. The van der Waals surface area contributed by atoms with Crippen molar-refractivity contribution >= 4 is 11.9 Å². The maximum Gasteiger partial charge on any atom is 0.305 e. The highest BCUT2D eigenvalue weighted by Crippen LogP contribution is 2.70. The van der Waals surface area contributed by atoms with Gasteiger partial charge in [0.05, 0.1) is 26.4 Å². The van der Waals surface area contributed by atoms with Crippen molar-refractivity contribution in [3.05, 3.63) is 0 Å². The Kier molecular flexibility index (Phi) is 13.8. The molecule has 338 valence electrons. The van der Waals surface area contributed by atoms with Crippen molar-refractivity contribution < 1.29 is 28.9 Å². The van der Waals surface area contributed by atoms with Crippen LogP contribution in [0.3, 0.4) is 0 Å². The number of rotatable bonds is 9. The van der Waals surface area contributed by atoms with Gasteiger partial charge in [0.2, 0.25) is 0 Å². The summed E-state index contributed by atoms with van der Waals surface area (Å²) in [5.74, 6) is 10.00. The highest BCUT2D eigenvalue weighted by atomic mass is 16.5. The zero-order valence-corrected chi connectivity index (χ0v) is 39.9. The summed E-state index contributed by atoms with van der Waals surface area (Å²) in [7, 11) is 4.98. The summed E-state index contributed by atoms with van der Waals surface area (Å²) in [5.41, 5.74) is 1.73. The molecular formula is C53H90O6. The first-order valence-corrected chi connectivity index (χ1v) is 25.3. The minimum Gasteiger partial charge on any atom is -0.469 e. The Bertz CT molecular complexity index is 1460. The highest BCUT2D eigenvalue weighted by Gasteiger charge is 2.64. The van der Waals surface area contributed by atoms with Crippen LogP contribution in [-0.4, -0.2) is 50.6 Å². The van der Waals surface area contributed by atoms with E-state index in [1.165, 1.54) is 111 Å². The van der Waals surface area contributed by atoms with Gasteiger partial charge in [-0.05, 0) is 207 Å². The van der Waals surface area contributed by atoms with Gasteiger partial charge < -0.3 is 19.3 Å². The van der Waals surface area contributed by atoms with Gasteiger partial charge >= 0.3 is 11.9 Å². The highest BCUT2D eigenvalue weighted by molar-refractivity contribution is 5.69. The molecule has 0 saturated heterocycles. The third kappa shape index (κ3) is 8.15. The molecule has 8 aliphatic rings. The number of aliphatic hydroxyl groups is 1. The lowest BCUT2D eigenvalue weighted by Crippen LogP contribution is -2.58. The molecule has 6 nitrogen and oxygen atoms in total. The number of ether oxygens (including phenoxy) is 3. The average Bonchev–Trinajstić information content (AvgIpc) is 3.76. The number of aliphatic hydroxyl groups excluding tert-OH is 1. The van der Waals surface area contributed by atoms with E-state index in [1.807, 2.05) is 7.11 Å². The molecule has 59 heavy (non-hydrogen) atoms. The van der Waals surface area contributed by atoms with Gasteiger partial charge in [0, 0.05) is 20.0 Å². The van der Waals surface area contributed by atoms with E-state index in [0.29, 0.717) is 76.1 Å². The molecule has 0 aromatic heterocycles. The second kappa shape index (κ2) is 17.8. The van der Waals surface area contributed by atoms with Crippen LogP contribution in [0.2, 0.25) is 0 Å². The van der Waals surface area contributed by atoms with Crippen molar-refractivity contribution in [1.29, 1.82) is 0 Å². The molecule has 0 aromatic rings. The van der Waals surface area contributed by atoms with Crippen molar-refractivity contribution in [2.75, 3.05) is 21.3 Å². The number of methoxy groups -OCH3 is 3. The van der Waals surface area contributed by atoms with Gasteiger partial charge in [0.15, 0.2) is 0 Å².